The Bertz CT molecular complexity index is 1390. The summed E-state index contributed by atoms with van der Waals surface area (Å²) in [5.74, 6) is 0.224. The molecule has 0 saturated carbocycles. The Labute approximate surface area is 205 Å². The van der Waals surface area contributed by atoms with Crippen LogP contribution in [0.15, 0.2) is 41.8 Å². The number of phenols is 1. The molecule has 9 heteroatoms. The predicted octanol–water partition coefficient (Wildman–Crippen LogP) is 5.35. The largest absolute Gasteiger partial charge is 0.508 e. The lowest BCUT2D eigenvalue weighted by Crippen LogP contribution is -2.37. The Balaban J connectivity index is 1.24. The van der Waals surface area contributed by atoms with Gasteiger partial charge in [-0.15, -0.1) is 22.7 Å². The van der Waals surface area contributed by atoms with Gasteiger partial charge in [0.05, 0.1) is 15.7 Å². The molecule has 0 spiro atoms. The number of anilines is 1. The molecule has 0 atom stereocenters. The monoisotopic (exact) mass is 492 g/mol. The fourth-order valence-corrected chi connectivity index (χ4v) is 6.21. The second-order valence-corrected chi connectivity index (χ2v) is 10.5. The molecule has 174 valence electrons. The molecule has 2 aromatic carbocycles. The Morgan fingerprint density at radius 3 is 2.65 bits per heavy atom. The highest BCUT2D eigenvalue weighted by atomic mass is 32.1. The molecule has 2 N–H and O–H groups in total. The first kappa shape index (κ1) is 22.5. The fraction of sp³-hybridized carbons (Fsp3) is 0.280. The third-order valence-electron chi connectivity index (χ3n) is 6.10. The third-order valence-corrected chi connectivity index (χ3v) is 8.16. The molecule has 0 aliphatic carbocycles. The number of nitrogens with zero attached hydrogens (tertiary/aromatic N) is 3. The van der Waals surface area contributed by atoms with Crippen molar-refractivity contribution in [2.75, 3.05) is 18.4 Å². The smallest absolute Gasteiger partial charge is 0.275 e. The van der Waals surface area contributed by atoms with Gasteiger partial charge in [-0.05, 0) is 56.3 Å². The molecule has 34 heavy (non-hydrogen) atoms. The maximum Gasteiger partial charge on any atom is 0.275 e. The molecule has 0 radical (unpaired) electrons. The summed E-state index contributed by atoms with van der Waals surface area (Å²) >= 11 is 2.95. The number of carbonyl (C=O) groups excluding carboxylic acids is 2. The number of nitrogens with one attached hydrogen (secondary N) is 1. The van der Waals surface area contributed by atoms with Crippen LogP contribution in [0.4, 0.5) is 5.69 Å². The van der Waals surface area contributed by atoms with Gasteiger partial charge in [-0.25, -0.2) is 9.97 Å². The van der Waals surface area contributed by atoms with Crippen molar-refractivity contribution in [2.24, 2.45) is 0 Å². The lowest BCUT2D eigenvalue weighted by molar-refractivity contribution is 0.0717. The molecule has 1 aliphatic heterocycles. The summed E-state index contributed by atoms with van der Waals surface area (Å²) in [5, 5.41) is 18.0. The molecule has 2 amide bonds. The van der Waals surface area contributed by atoms with Crippen molar-refractivity contribution in [3.05, 3.63) is 68.1 Å². The van der Waals surface area contributed by atoms with Gasteiger partial charge >= 0.3 is 0 Å². The van der Waals surface area contributed by atoms with Crippen molar-refractivity contribution in [3.63, 3.8) is 0 Å². The van der Waals surface area contributed by atoms with Crippen LogP contribution in [0.1, 0.15) is 54.6 Å². The van der Waals surface area contributed by atoms with E-state index >= 15 is 0 Å². The normalized spacial score (nSPS) is 14.5. The van der Waals surface area contributed by atoms with Crippen LogP contribution in [-0.2, 0) is 0 Å². The highest BCUT2D eigenvalue weighted by Crippen LogP contribution is 2.32. The Hall–Kier alpha value is -3.30. The number of hydrogen-bond acceptors (Lipinski definition) is 7. The SMILES string of the molecule is Cc1nc(C)c(C(=O)N2CCC(c3nc(C(=O)Nc4cccc5cc(O)ccc45)cs3)CC2)s1. The van der Waals surface area contributed by atoms with Crippen molar-refractivity contribution in [2.45, 2.75) is 32.6 Å². The van der Waals surface area contributed by atoms with Gasteiger partial charge in [0, 0.05) is 35.5 Å². The number of phenolic OH excluding ortho intramolecular Hbond substituents is 1. The van der Waals surface area contributed by atoms with E-state index in [2.05, 4.69) is 15.3 Å². The summed E-state index contributed by atoms with van der Waals surface area (Å²) in [5.41, 5.74) is 1.87. The van der Waals surface area contributed by atoms with Gasteiger partial charge in [0.2, 0.25) is 0 Å². The first-order chi connectivity index (χ1) is 16.4. The van der Waals surface area contributed by atoms with Crippen molar-refractivity contribution < 1.29 is 14.7 Å². The topological polar surface area (TPSA) is 95.4 Å². The van der Waals surface area contributed by atoms with E-state index in [0.717, 1.165) is 44.2 Å². The van der Waals surface area contributed by atoms with E-state index in [-0.39, 0.29) is 23.5 Å². The number of aromatic hydroxyl groups is 1. The van der Waals surface area contributed by atoms with Gasteiger partial charge in [0.25, 0.3) is 11.8 Å². The highest BCUT2D eigenvalue weighted by molar-refractivity contribution is 7.13. The van der Waals surface area contributed by atoms with Gasteiger partial charge < -0.3 is 15.3 Å². The minimum atomic E-state index is -0.258. The van der Waals surface area contributed by atoms with Crippen molar-refractivity contribution >= 4 is 50.9 Å². The molecule has 4 aromatic rings. The first-order valence-electron chi connectivity index (χ1n) is 11.1. The number of benzene rings is 2. The molecule has 5 rings (SSSR count). The highest BCUT2D eigenvalue weighted by Gasteiger charge is 2.28. The molecule has 0 unspecified atom stereocenters. The zero-order valence-electron chi connectivity index (χ0n) is 18.9. The number of aryl methyl sites for hydroxylation is 2. The van der Waals surface area contributed by atoms with E-state index in [1.165, 1.54) is 22.7 Å². The standard InChI is InChI=1S/C25H24N4O3S2/c1-14-22(34-15(2)26-14)25(32)29-10-8-16(9-11-29)24-28-21(13-33-24)23(31)27-20-5-3-4-17-12-18(30)6-7-19(17)20/h3-7,12-13,16,30H,8-11H2,1-2H3,(H,27,31). The molecule has 3 heterocycles. The van der Waals surface area contributed by atoms with Crippen LogP contribution in [-0.4, -0.2) is 44.9 Å². The van der Waals surface area contributed by atoms with E-state index in [0.29, 0.717) is 24.5 Å². The summed E-state index contributed by atoms with van der Waals surface area (Å²) in [6.45, 7) is 5.14. The fourth-order valence-electron chi connectivity index (χ4n) is 4.35. The van der Waals surface area contributed by atoms with Crippen LogP contribution in [0.2, 0.25) is 0 Å². The zero-order chi connectivity index (χ0) is 23.8. The average Bonchev–Trinajstić information content (AvgIpc) is 3.45. The molecule has 7 nitrogen and oxygen atoms in total. The van der Waals surface area contributed by atoms with Crippen LogP contribution >= 0.6 is 22.7 Å². The molecule has 1 saturated heterocycles. The van der Waals surface area contributed by atoms with E-state index in [4.69, 9.17) is 0 Å². The number of aromatic nitrogens is 2. The zero-order valence-corrected chi connectivity index (χ0v) is 20.5. The first-order valence-corrected chi connectivity index (χ1v) is 12.8. The predicted molar refractivity (Wildman–Crippen MR) is 135 cm³/mol. The number of amides is 2. The lowest BCUT2D eigenvalue weighted by atomic mass is 9.97. The van der Waals surface area contributed by atoms with E-state index in [1.54, 1.807) is 23.6 Å². The second kappa shape index (κ2) is 9.15. The van der Waals surface area contributed by atoms with Crippen LogP contribution in [0.3, 0.4) is 0 Å². The lowest BCUT2D eigenvalue weighted by Gasteiger charge is -2.30. The number of thiazole rings is 2. The molecule has 0 bridgehead atoms. The summed E-state index contributed by atoms with van der Waals surface area (Å²) in [6.07, 6.45) is 1.65. The third kappa shape index (κ3) is 4.41. The molecule has 1 fully saturated rings. The Morgan fingerprint density at radius 2 is 1.91 bits per heavy atom. The molecule has 2 aromatic heterocycles. The van der Waals surface area contributed by atoms with Gasteiger partial charge in [-0.1, -0.05) is 12.1 Å². The molecular formula is C25H24N4O3S2. The average molecular weight is 493 g/mol. The van der Waals surface area contributed by atoms with E-state index in [9.17, 15) is 14.7 Å². The number of likely N-dealkylation sites (tertiary alicyclic amines) is 1. The van der Waals surface area contributed by atoms with Crippen LogP contribution in [0.25, 0.3) is 10.8 Å². The van der Waals surface area contributed by atoms with Crippen molar-refractivity contribution in [1.29, 1.82) is 0 Å². The number of hydrogen-bond donors (Lipinski definition) is 2. The quantitative estimate of drug-likeness (QED) is 0.401. The summed E-state index contributed by atoms with van der Waals surface area (Å²) in [6, 6.07) is 10.6. The van der Waals surface area contributed by atoms with Crippen molar-refractivity contribution in [1.82, 2.24) is 14.9 Å². The minimum Gasteiger partial charge on any atom is -0.508 e. The van der Waals surface area contributed by atoms with Gasteiger partial charge in [-0.2, -0.15) is 0 Å². The number of carbonyl (C=O) groups is 2. The van der Waals surface area contributed by atoms with Crippen molar-refractivity contribution in [3.8, 4) is 5.75 Å². The summed E-state index contributed by atoms with van der Waals surface area (Å²) < 4.78 is 0. The van der Waals surface area contributed by atoms with Gasteiger partial charge in [-0.3, -0.25) is 9.59 Å². The number of rotatable bonds is 4. The van der Waals surface area contributed by atoms with E-state index in [1.807, 2.05) is 36.9 Å². The van der Waals surface area contributed by atoms with Gasteiger partial charge in [0.1, 0.15) is 16.3 Å². The summed E-state index contributed by atoms with van der Waals surface area (Å²) in [7, 11) is 0. The minimum absolute atomic E-state index is 0.0594. The Kier molecular flexibility index (Phi) is 6.05. The van der Waals surface area contributed by atoms with Crippen LogP contribution in [0.5, 0.6) is 5.75 Å². The van der Waals surface area contributed by atoms with Crippen LogP contribution in [0, 0.1) is 13.8 Å². The number of piperidine rings is 1. The maximum atomic E-state index is 12.9. The number of fused-ring (bicyclic) bond motifs is 1. The molecule has 1 aliphatic rings. The second-order valence-electron chi connectivity index (χ2n) is 8.45. The Morgan fingerprint density at radius 1 is 1.12 bits per heavy atom. The maximum absolute atomic E-state index is 12.9. The van der Waals surface area contributed by atoms with Crippen LogP contribution < -0.4 is 5.32 Å². The van der Waals surface area contributed by atoms with E-state index < -0.39 is 0 Å². The molecular weight excluding hydrogens is 468 g/mol. The van der Waals surface area contributed by atoms with Gasteiger partial charge in [0.15, 0.2) is 0 Å². The summed E-state index contributed by atoms with van der Waals surface area (Å²) in [4.78, 5) is 37.4.